The molecular weight excluding hydrogens is 300 g/mol. The van der Waals surface area contributed by atoms with Gasteiger partial charge in [0.1, 0.15) is 17.2 Å². The smallest absolute Gasteiger partial charge is 0.344 e. The first kappa shape index (κ1) is 16.2. The summed E-state index contributed by atoms with van der Waals surface area (Å²) in [5.41, 5.74) is 0. The number of hydrogen-bond donors (Lipinski definition) is 0. The van der Waals surface area contributed by atoms with Gasteiger partial charge in [-0.05, 0) is 61.7 Å². The summed E-state index contributed by atoms with van der Waals surface area (Å²) >= 11 is 1.69. The summed E-state index contributed by atoms with van der Waals surface area (Å²) in [5.74, 6) is 1.70. The number of carbonyl (C=O) groups excluding carboxylic acids is 1. The lowest BCUT2D eigenvalue weighted by atomic mass is 10.3. The van der Waals surface area contributed by atoms with Gasteiger partial charge in [0.15, 0.2) is 6.61 Å². The fraction of sp³-hybridized carbons (Fsp3) is 0.235. The summed E-state index contributed by atoms with van der Waals surface area (Å²) in [6, 6.07) is 15.0. The van der Waals surface area contributed by atoms with Gasteiger partial charge in [-0.2, -0.15) is 0 Å². The highest BCUT2D eigenvalue weighted by Crippen LogP contribution is 2.25. The van der Waals surface area contributed by atoms with Crippen molar-refractivity contribution in [3.63, 3.8) is 0 Å². The normalized spacial score (nSPS) is 10.1. The van der Waals surface area contributed by atoms with E-state index in [9.17, 15) is 4.79 Å². The Balaban J connectivity index is 1.89. The van der Waals surface area contributed by atoms with E-state index in [2.05, 4.69) is 0 Å². The summed E-state index contributed by atoms with van der Waals surface area (Å²) in [6.45, 7) is 2.02. The molecule has 0 saturated heterocycles. The van der Waals surface area contributed by atoms with Gasteiger partial charge in [0.2, 0.25) is 0 Å². The molecule has 0 aliphatic carbocycles. The van der Waals surface area contributed by atoms with Crippen LogP contribution in [-0.2, 0) is 9.53 Å². The van der Waals surface area contributed by atoms with Crippen molar-refractivity contribution < 1.29 is 19.0 Å². The van der Waals surface area contributed by atoms with Gasteiger partial charge in [0, 0.05) is 4.90 Å². The average Bonchev–Trinajstić information content (AvgIpc) is 2.55. The molecule has 0 aliphatic rings. The third-order valence-corrected chi connectivity index (χ3v) is 3.52. The zero-order chi connectivity index (χ0) is 15.8. The lowest BCUT2D eigenvalue weighted by molar-refractivity contribution is -0.145. The molecule has 0 aliphatic heterocycles. The van der Waals surface area contributed by atoms with Crippen molar-refractivity contribution in [2.24, 2.45) is 0 Å². The van der Waals surface area contributed by atoms with Crippen LogP contribution in [0.5, 0.6) is 17.2 Å². The molecule has 0 N–H and O–H groups in total. The molecule has 0 radical (unpaired) electrons. The summed E-state index contributed by atoms with van der Waals surface area (Å²) in [6.07, 6.45) is 2.03. The van der Waals surface area contributed by atoms with Crippen LogP contribution >= 0.6 is 11.8 Å². The van der Waals surface area contributed by atoms with Gasteiger partial charge in [-0.25, -0.2) is 4.79 Å². The molecule has 116 valence electrons. The summed E-state index contributed by atoms with van der Waals surface area (Å²) < 4.78 is 15.9. The van der Waals surface area contributed by atoms with E-state index in [1.807, 2.05) is 30.5 Å². The van der Waals surface area contributed by atoms with E-state index >= 15 is 0 Å². The Kier molecular flexibility index (Phi) is 6.15. The van der Waals surface area contributed by atoms with Gasteiger partial charge in [0.25, 0.3) is 0 Å². The summed E-state index contributed by atoms with van der Waals surface area (Å²) in [7, 11) is 0. The minimum absolute atomic E-state index is 0.0931. The van der Waals surface area contributed by atoms with E-state index in [0.29, 0.717) is 18.1 Å². The van der Waals surface area contributed by atoms with Crippen LogP contribution in [0.4, 0.5) is 0 Å². The fourth-order valence-electron chi connectivity index (χ4n) is 1.73. The highest BCUT2D eigenvalue weighted by molar-refractivity contribution is 7.98. The van der Waals surface area contributed by atoms with Crippen molar-refractivity contribution in [2.45, 2.75) is 11.8 Å². The van der Waals surface area contributed by atoms with Crippen molar-refractivity contribution >= 4 is 17.7 Å². The van der Waals surface area contributed by atoms with E-state index in [1.165, 1.54) is 4.90 Å². The number of esters is 1. The van der Waals surface area contributed by atoms with Gasteiger partial charge in [-0.1, -0.05) is 0 Å². The predicted molar refractivity (Wildman–Crippen MR) is 86.9 cm³/mol. The maximum Gasteiger partial charge on any atom is 0.344 e. The lowest BCUT2D eigenvalue weighted by Gasteiger charge is -2.08. The first-order valence-corrected chi connectivity index (χ1v) is 8.14. The maximum absolute atomic E-state index is 11.2. The number of thioether (sulfide) groups is 1. The van der Waals surface area contributed by atoms with Crippen LogP contribution in [0.25, 0.3) is 0 Å². The van der Waals surface area contributed by atoms with E-state index in [-0.39, 0.29) is 12.6 Å². The Morgan fingerprint density at radius 3 is 2.05 bits per heavy atom. The number of carbonyl (C=O) groups is 1. The Bertz CT molecular complexity index is 593. The molecule has 0 fully saturated rings. The Hall–Kier alpha value is -2.14. The number of rotatable bonds is 7. The van der Waals surface area contributed by atoms with Gasteiger partial charge >= 0.3 is 5.97 Å². The summed E-state index contributed by atoms with van der Waals surface area (Å²) in [4.78, 5) is 12.4. The van der Waals surface area contributed by atoms with Gasteiger partial charge in [-0.15, -0.1) is 11.8 Å². The van der Waals surface area contributed by atoms with Crippen molar-refractivity contribution in [1.29, 1.82) is 0 Å². The van der Waals surface area contributed by atoms with Crippen molar-refractivity contribution in [3.05, 3.63) is 48.5 Å². The fourth-order valence-corrected chi connectivity index (χ4v) is 2.14. The molecule has 0 bridgehead atoms. The molecule has 0 spiro atoms. The highest BCUT2D eigenvalue weighted by Gasteiger charge is 2.03. The van der Waals surface area contributed by atoms with E-state index in [1.54, 1.807) is 43.0 Å². The number of ether oxygens (including phenoxy) is 3. The average molecular weight is 318 g/mol. The second kappa shape index (κ2) is 8.34. The Morgan fingerprint density at radius 1 is 0.955 bits per heavy atom. The molecule has 5 heteroatoms. The molecule has 0 saturated carbocycles. The quantitative estimate of drug-likeness (QED) is 0.567. The zero-order valence-corrected chi connectivity index (χ0v) is 13.4. The molecule has 0 amide bonds. The van der Waals surface area contributed by atoms with E-state index < -0.39 is 0 Å². The van der Waals surface area contributed by atoms with Gasteiger partial charge in [0.05, 0.1) is 6.61 Å². The molecule has 2 aromatic rings. The molecule has 0 unspecified atom stereocenters. The van der Waals surface area contributed by atoms with Crippen LogP contribution in [0.1, 0.15) is 6.92 Å². The van der Waals surface area contributed by atoms with Crippen LogP contribution in [0.15, 0.2) is 53.4 Å². The minimum Gasteiger partial charge on any atom is -0.482 e. The van der Waals surface area contributed by atoms with Crippen LogP contribution in [-0.4, -0.2) is 25.4 Å². The molecule has 0 aromatic heterocycles. The third-order valence-electron chi connectivity index (χ3n) is 2.78. The van der Waals surface area contributed by atoms with Crippen LogP contribution < -0.4 is 9.47 Å². The highest BCUT2D eigenvalue weighted by atomic mass is 32.2. The Morgan fingerprint density at radius 2 is 1.50 bits per heavy atom. The number of hydrogen-bond acceptors (Lipinski definition) is 5. The molecule has 2 rings (SSSR count). The lowest BCUT2D eigenvalue weighted by Crippen LogP contribution is -2.14. The zero-order valence-electron chi connectivity index (χ0n) is 12.6. The minimum atomic E-state index is -0.378. The van der Waals surface area contributed by atoms with Crippen LogP contribution in [0, 0.1) is 0 Å². The SMILES string of the molecule is CCOC(=O)COc1ccc(Oc2ccc(SC)cc2)cc1. The predicted octanol–water partition coefficient (Wildman–Crippen LogP) is 4.14. The molecule has 2 aromatic carbocycles. The van der Waals surface area contributed by atoms with E-state index in [0.717, 1.165) is 5.75 Å². The molecule has 0 heterocycles. The molecule has 0 atom stereocenters. The Labute approximate surface area is 134 Å². The van der Waals surface area contributed by atoms with E-state index in [4.69, 9.17) is 14.2 Å². The van der Waals surface area contributed by atoms with Crippen LogP contribution in [0.3, 0.4) is 0 Å². The first-order valence-electron chi connectivity index (χ1n) is 6.91. The van der Waals surface area contributed by atoms with Crippen molar-refractivity contribution in [3.8, 4) is 17.2 Å². The van der Waals surface area contributed by atoms with Gasteiger partial charge < -0.3 is 14.2 Å². The van der Waals surface area contributed by atoms with Gasteiger partial charge in [-0.3, -0.25) is 0 Å². The molecular formula is C17H18O4S. The third kappa shape index (κ3) is 5.00. The van der Waals surface area contributed by atoms with Crippen molar-refractivity contribution in [2.75, 3.05) is 19.5 Å². The summed E-state index contributed by atoms with van der Waals surface area (Å²) in [5, 5.41) is 0. The first-order chi connectivity index (χ1) is 10.7. The molecule has 22 heavy (non-hydrogen) atoms. The maximum atomic E-state index is 11.2. The topological polar surface area (TPSA) is 44.8 Å². The van der Waals surface area contributed by atoms with Crippen LogP contribution in [0.2, 0.25) is 0 Å². The monoisotopic (exact) mass is 318 g/mol. The second-order valence-corrected chi connectivity index (χ2v) is 5.22. The standard InChI is InChI=1S/C17H18O4S/c1-3-19-17(18)12-20-13-4-6-14(7-5-13)21-15-8-10-16(22-2)11-9-15/h4-11H,3,12H2,1-2H3. The second-order valence-electron chi connectivity index (χ2n) is 4.34. The largest absolute Gasteiger partial charge is 0.482 e. The number of benzene rings is 2. The van der Waals surface area contributed by atoms with Crippen molar-refractivity contribution in [1.82, 2.24) is 0 Å². The molecule has 4 nitrogen and oxygen atoms in total.